The Bertz CT molecular complexity index is 1050. The zero-order valence-electron chi connectivity index (χ0n) is 16.2. The van der Waals surface area contributed by atoms with Crippen LogP contribution in [0.15, 0.2) is 53.3 Å². The monoisotopic (exact) mass is 373 g/mol. The van der Waals surface area contributed by atoms with E-state index in [9.17, 15) is 10.1 Å². The average molecular weight is 373 g/mol. The molecule has 1 aromatic heterocycles. The number of aromatic amines is 1. The predicted molar refractivity (Wildman–Crippen MR) is 109 cm³/mol. The fourth-order valence-electron chi connectivity index (χ4n) is 3.23. The smallest absolute Gasteiger partial charge is 0.254 e. The Labute approximate surface area is 164 Å². The van der Waals surface area contributed by atoms with E-state index in [0.717, 1.165) is 29.5 Å². The van der Waals surface area contributed by atoms with Crippen molar-refractivity contribution in [3.63, 3.8) is 0 Å². The van der Waals surface area contributed by atoms with Gasteiger partial charge in [0.2, 0.25) is 0 Å². The lowest BCUT2D eigenvalue weighted by molar-refractivity contribution is 0.180. The van der Waals surface area contributed by atoms with Crippen LogP contribution in [0.25, 0.3) is 11.1 Å². The third-order valence-electron chi connectivity index (χ3n) is 4.61. The van der Waals surface area contributed by atoms with E-state index in [-0.39, 0.29) is 5.56 Å². The number of nitrogens with zero attached hydrogens (tertiary/aromatic N) is 2. The van der Waals surface area contributed by atoms with E-state index >= 15 is 0 Å². The number of rotatable bonds is 7. The summed E-state index contributed by atoms with van der Waals surface area (Å²) in [7, 11) is 1.60. The lowest BCUT2D eigenvalue weighted by Crippen LogP contribution is -2.21. The number of methoxy groups -OCH3 is 1. The third-order valence-corrected chi connectivity index (χ3v) is 4.61. The second-order valence-corrected chi connectivity index (χ2v) is 6.65. The molecule has 0 saturated carbocycles. The molecule has 5 heteroatoms. The molecule has 1 heterocycles. The molecule has 0 unspecified atom stereocenters. The summed E-state index contributed by atoms with van der Waals surface area (Å²) in [6, 6.07) is 17.7. The number of aryl methyl sites for hydroxylation is 1. The second-order valence-electron chi connectivity index (χ2n) is 6.65. The number of ether oxygens (including phenoxy) is 1. The van der Waals surface area contributed by atoms with Gasteiger partial charge in [-0.1, -0.05) is 49.4 Å². The number of nitrogens with one attached hydrogen (secondary N) is 1. The van der Waals surface area contributed by atoms with Crippen LogP contribution >= 0.6 is 0 Å². The van der Waals surface area contributed by atoms with E-state index in [1.807, 2.05) is 48.5 Å². The Morgan fingerprint density at radius 3 is 2.57 bits per heavy atom. The normalized spacial score (nSPS) is 10.6. The first-order valence-corrected chi connectivity index (χ1v) is 9.34. The Morgan fingerprint density at radius 1 is 1.14 bits per heavy atom. The van der Waals surface area contributed by atoms with Crippen LogP contribution in [0.3, 0.4) is 0 Å². The first-order chi connectivity index (χ1) is 13.7. The minimum absolute atomic E-state index is 0.107. The molecule has 0 fully saturated rings. The molecule has 0 bridgehead atoms. The van der Waals surface area contributed by atoms with E-state index in [1.165, 1.54) is 0 Å². The summed E-state index contributed by atoms with van der Waals surface area (Å²) >= 11 is 0. The number of aromatic nitrogens is 2. The van der Waals surface area contributed by atoms with Crippen molar-refractivity contribution in [2.24, 2.45) is 0 Å². The van der Waals surface area contributed by atoms with Gasteiger partial charge in [0, 0.05) is 25.5 Å². The van der Waals surface area contributed by atoms with E-state index in [4.69, 9.17) is 4.74 Å². The van der Waals surface area contributed by atoms with Crippen molar-refractivity contribution >= 4 is 0 Å². The van der Waals surface area contributed by atoms with Gasteiger partial charge in [-0.3, -0.25) is 4.79 Å². The van der Waals surface area contributed by atoms with Gasteiger partial charge in [-0.05, 0) is 29.2 Å². The largest absolute Gasteiger partial charge is 0.378 e. The van der Waals surface area contributed by atoms with Crippen LogP contribution in [-0.4, -0.2) is 17.1 Å². The van der Waals surface area contributed by atoms with Crippen molar-refractivity contribution in [3.8, 4) is 17.2 Å². The first-order valence-electron chi connectivity index (χ1n) is 9.34. The number of H-pyrrole nitrogens is 1. The molecule has 3 rings (SSSR count). The summed E-state index contributed by atoms with van der Waals surface area (Å²) in [4.78, 5) is 20.1. The lowest BCUT2D eigenvalue weighted by Gasteiger charge is -2.10. The summed E-state index contributed by atoms with van der Waals surface area (Å²) in [5.74, 6) is 0.701. The summed E-state index contributed by atoms with van der Waals surface area (Å²) in [6.45, 7) is 2.36. The molecule has 0 aliphatic carbocycles. The highest BCUT2D eigenvalue weighted by Crippen LogP contribution is 2.24. The highest BCUT2D eigenvalue weighted by Gasteiger charge is 2.13. The molecule has 0 radical (unpaired) electrons. The highest BCUT2D eigenvalue weighted by atomic mass is 16.5. The zero-order valence-corrected chi connectivity index (χ0v) is 16.2. The molecule has 0 aliphatic heterocycles. The van der Waals surface area contributed by atoms with Gasteiger partial charge < -0.3 is 9.72 Å². The summed E-state index contributed by atoms with van der Waals surface area (Å²) in [5, 5.41) is 9.29. The Hall–Kier alpha value is -3.23. The van der Waals surface area contributed by atoms with Gasteiger partial charge in [0.1, 0.15) is 5.82 Å². The van der Waals surface area contributed by atoms with Crippen molar-refractivity contribution in [2.45, 2.75) is 32.8 Å². The molecule has 0 saturated heterocycles. The predicted octanol–water partition coefficient (Wildman–Crippen LogP) is 4.00. The molecule has 1 N–H and O–H groups in total. The van der Waals surface area contributed by atoms with Crippen molar-refractivity contribution in [3.05, 3.63) is 87.1 Å². The summed E-state index contributed by atoms with van der Waals surface area (Å²) in [6.07, 6.45) is 2.13. The van der Waals surface area contributed by atoms with Crippen LogP contribution in [0.2, 0.25) is 0 Å². The third kappa shape index (κ3) is 4.36. The SMILES string of the molecule is CCCc1nc(COC)c(Cc2ccc(-c3ccccc3C#N)cc2)c(=O)[nH]1. The van der Waals surface area contributed by atoms with E-state index in [2.05, 4.69) is 23.0 Å². The maximum absolute atomic E-state index is 12.6. The van der Waals surface area contributed by atoms with Crippen molar-refractivity contribution in [1.82, 2.24) is 9.97 Å². The van der Waals surface area contributed by atoms with E-state index in [0.29, 0.717) is 35.7 Å². The van der Waals surface area contributed by atoms with Crippen molar-refractivity contribution in [2.75, 3.05) is 7.11 Å². The van der Waals surface area contributed by atoms with Crippen LogP contribution in [-0.2, 0) is 24.2 Å². The zero-order chi connectivity index (χ0) is 19.9. The molecule has 142 valence electrons. The molecule has 0 atom stereocenters. The second kappa shape index (κ2) is 9.12. The van der Waals surface area contributed by atoms with Gasteiger partial charge in [0.25, 0.3) is 5.56 Å². The molecule has 0 amide bonds. The van der Waals surface area contributed by atoms with E-state index < -0.39 is 0 Å². The average Bonchev–Trinajstić information content (AvgIpc) is 2.71. The minimum atomic E-state index is -0.107. The fraction of sp³-hybridized carbons (Fsp3) is 0.261. The standard InChI is InChI=1S/C23H23N3O2/c1-3-6-22-25-21(15-28-2)20(23(27)26-22)13-16-9-11-17(12-10-16)19-8-5-4-7-18(19)14-24/h4-5,7-12H,3,6,13,15H2,1-2H3,(H,25,26,27). The maximum Gasteiger partial charge on any atom is 0.254 e. The molecule has 5 nitrogen and oxygen atoms in total. The minimum Gasteiger partial charge on any atom is -0.378 e. The number of nitriles is 1. The van der Waals surface area contributed by atoms with Gasteiger partial charge >= 0.3 is 0 Å². The quantitative estimate of drug-likeness (QED) is 0.679. The maximum atomic E-state index is 12.6. The van der Waals surface area contributed by atoms with Crippen LogP contribution in [0.1, 0.15) is 41.6 Å². The molecular formula is C23H23N3O2. The molecule has 28 heavy (non-hydrogen) atoms. The number of benzene rings is 2. The molecule has 0 aliphatic rings. The fourth-order valence-corrected chi connectivity index (χ4v) is 3.23. The van der Waals surface area contributed by atoms with Crippen LogP contribution in [0.4, 0.5) is 0 Å². The van der Waals surface area contributed by atoms with E-state index in [1.54, 1.807) is 7.11 Å². The topological polar surface area (TPSA) is 78.8 Å². The van der Waals surface area contributed by atoms with Crippen LogP contribution in [0.5, 0.6) is 0 Å². The van der Waals surface area contributed by atoms with Gasteiger partial charge in [-0.25, -0.2) is 4.98 Å². The van der Waals surface area contributed by atoms with Gasteiger partial charge in [-0.2, -0.15) is 5.26 Å². The molecular weight excluding hydrogens is 350 g/mol. The number of hydrogen-bond donors (Lipinski definition) is 1. The van der Waals surface area contributed by atoms with Crippen molar-refractivity contribution < 1.29 is 4.74 Å². The Balaban J connectivity index is 1.90. The molecule has 2 aromatic carbocycles. The van der Waals surface area contributed by atoms with Crippen LogP contribution < -0.4 is 5.56 Å². The lowest BCUT2D eigenvalue weighted by atomic mass is 9.97. The Morgan fingerprint density at radius 2 is 1.89 bits per heavy atom. The molecule has 0 spiro atoms. The Kier molecular flexibility index (Phi) is 6.36. The van der Waals surface area contributed by atoms with Crippen molar-refractivity contribution in [1.29, 1.82) is 5.26 Å². The van der Waals surface area contributed by atoms with Gasteiger partial charge in [0.15, 0.2) is 0 Å². The highest BCUT2D eigenvalue weighted by molar-refractivity contribution is 5.70. The van der Waals surface area contributed by atoms with Gasteiger partial charge in [0.05, 0.1) is 23.9 Å². The van der Waals surface area contributed by atoms with Crippen LogP contribution in [0, 0.1) is 11.3 Å². The summed E-state index contributed by atoms with van der Waals surface area (Å²) in [5.41, 5.74) is 4.74. The summed E-state index contributed by atoms with van der Waals surface area (Å²) < 4.78 is 5.25. The molecule has 3 aromatic rings. The number of hydrogen-bond acceptors (Lipinski definition) is 4. The van der Waals surface area contributed by atoms with Gasteiger partial charge in [-0.15, -0.1) is 0 Å². The first kappa shape index (κ1) is 19.5.